The number of carbonyl (C=O) groups excluding carboxylic acids is 1. The number of urea groups is 1. The predicted molar refractivity (Wildman–Crippen MR) is 84.4 cm³/mol. The van der Waals surface area contributed by atoms with E-state index in [0.29, 0.717) is 19.6 Å². The van der Waals surface area contributed by atoms with Crippen molar-refractivity contribution in [3.8, 4) is 0 Å². The van der Waals surface area contributed by atoms with E-state index in [1.54, 1.807) is 24.5 Å². The van der Waals surface area contributed by atoms with Crippen LogP contribution in [0.15, 0.2) is 53.3 Å². The SMILES string of the molecule is CCN(Cc1ccoc1)C(=O)NC[C@H](OC)c1ccccc1. The Morgan fingerprint density at radius 1 is 1.32 bits per heavy atom. The molecule has 2 rings (SSSR count). The van der Waals surface area contributed by atoms with E-state index in [1.807, 2.05) is 43.3 Å². The molecule has 0 fully saturated rings. The first kappa shape index (κ1) is 16.1. The maximum Gasteiger partial charge on any atom is 0.317 e. The highest BCUT2D eigenvalue weighted by Gasteiger charge is 2.16. The highest BCUT2D eigenvalue weighted by atomic mass is 16.5. The van der Waals surface area contributed by atoms with Crippen molar-refractivity contribution in [2.24, 2.45) is 0 Å². The van der Waals surface area contributed by atoms with Crippen molar-refractivity contribution in [1.82, 2.24) is 10.2 Å². The lowest BCUT2D eigenvalue weighted by atomic mass is 10.1. The fraction of sp³-hybridized carbons (Fsp3) is 0.353. The number of amides is 2. The standard InChI is InChI=1S/C17H22N2O3/c1-3-19(12-14-9-10-22-13-14)17(20)18-11-16(21-2)15-7-5-4-6-8-15/h4-10,13,16H,3,11-12H2,1-2H3,(H,18,20)/t16-/m0/s1. The molecule has 0 saturated heterocycles. The fourth-order valence-electron chi connectivity index (χ4n) is 2.23. The van der Waals surface area contributed by atoms with Crippen LogP contribution < -0.4 is 5.32 Å². The molecular weight excluding hydrogens is 280 g/mol. The average Bonchev–Trinajstić information content (AvgIpc) is 3.07. The van der Waals surface area contributed by atoms with Gasteiger partial charge in [-0.05, 0) is 18.6 Å². The first-order valence-corrected chi connectivity index (χ1v) is 7.36. The lowest BCUT2D eigenvalue weighted by Gasteiger charge is -2.23. The summed E-state index contributed by atoms with van der Waals surface area (Å²) >= 11 is 0. The molecule has 5 nitrogen and oxygen atoms in total. The first-order valence-electron chi connectivity index (χ1n) is 7.36. The zero-order chi connectivity index (χ0) is 15.8. The van der Waals surface area contributed by atoms with Gasteiger partial charge in [0.1, 0.15) is 0 Å². The van der Waals surface area contributed by atoms with Crippen LogP contribution in [0.25, 0.3) is 0 Å². The molecule has 0 aliphatic carbocycles. The Hall–Kier alpha value is -2.27. The van der Waals surface area contributed by atoms with Crippen LogP contribution in [0.1, 0.15) is 24.2 Å². The summed E-state index contributed by atoms with van der Waals surface area (Å²) in [6.45, 7) is 3.54. The maximum atomic E-state index is 12.3. The molecular formula is C17H22N2O3. The van der Waals surface area contributed by atoms with E-state index in [-0.39, 0.29) is 12.1 Å². The average molecular weight is 302 g/mol. The Bertz CT molecular complexity index is 555. The van der Waals surface area contributed by atoms with Gasteiger partial charge >= 0.3 is 6.03 Å². The van der Waals surface area contributed by atoms with Crippen LogP contribution in [0, 0.1) is 0 Å². The highest BCUT2D eigenvalue weighted by Crippen LogP contribution is 2.15. The summed E-state index contributed by atoms with van der Waals surface area (Å²) in [6.07, 6.45) is 3.10. The van der Waals surface area contributed by atoms with E-state index in [4.69, 9.17) is 9.15 Å². The van der Waals surface area contributed by atoms with Crippen molar-refractivity contribution in [2.45, 2.75) is 19.6 Å². The van der Waals surface area contributed by atoms with Gasteiger partial charge in [-0.3, -0.25) is 0 Å². The number of ether oxygens (including phenoxy) is 1. The largest absolute Gasteiger partial charge is 0.472 e. The van der Waals surface area contributed by atoms with Gasteiger partial charge in [-0.25, -0.2) is 4.79 Å². The highest BCUT2D eigenvalue weighted by molar-refractivity contribution is 5.74. The van der Waals surface area contributed by atoms with Crippen LogP contribution in [0.3, 0.4) is 0 Å². The van der Waals surface area contributed by atoms with Gasteiger partial charge in [0.15, 0.2) is 0 Å². The molecule has 0 aliphatic rings. The van der Waals surface area contributed by atoms with Crippen LogP contribution >= 0.6 is 0 Å². The van der Waals surface area contributed by atoms with Gasteiger partial charge in [0, 0.05) is 25.8 Å². The molecule has 0 saturated carbocycles. The quantitative estimate of drug-likeness (QED) is 0.854. The summed E-state index contributed by atoms with van der Waals surface area (Å²) in [4.78, 5) is 14.0. The summed E-state index contributed by atoms with van der Waals surface area (Å²) in [5.74, 6) is 0. The van der Waals surface area contributed by atoms with E-state index in [2.05, 4.69) is 5.32 Å². The second kappa shape index (κ2) is 8.24. The van der Waals surface area contributed by atoms with Crippen LogP contribution in [-0.4, -0.2) is 31.1 Å². The van der Waals surface area contributed by atoms with Crippen LogP contribution in [0.2, 0.25) is 0 Å². The van der Waals surface area contributed by atoms with E-state index in [0.717, 1.165) is 11.1 Å². The van der Waals surface area contributed by atoms with Crippen molar-refractivity contribution in [3.63, 3.8) is 0 Å². The molecule has 0 unspecified atom stereocenters. The monoisotopic (exact) mass is 302 g/mol. The van der Waals surface area contributed by atoms with Crippen molar-refractivity contribution in [2.75, 3.05) is 20.2 Å². The third-order valence-electron chi connectivity index (χ3n) is 3.52. The number of nitrogens with one attached hydrogen (secondary N) is 1. The van der Waals surface area contributed by atoms with E-state index < -0.39 is 0 Å². The van der Waals surface area contributed by atoms with Crippen molar-refractivity contribution >= 4 is 6.03 Å². The van der Waals surface area contributed by atoms with E-state index >= 15 is 0 Å². The van der Waals surface area contributed by atoms with Gasteiger partial charge in [-0.1, -0.05) is 30.3 Å². The maximum absolute atomic E-state index is 12.3. The van der Waals surface area contributed by atoms with Crippen LogP contribution in [0.5, 0.6) is 0 Å². The molecule has 0 radical (unpaired) electrons. The Kier molecular flexibility index (Phi) is 6.03. The molecule has 0 aliphatic heterocycles. The minimum absolute atomic E-state index is 0.110. The number of methoxy groups -OCH3 is 1. The van der Waals surface area contributed by atoms with E-state index in [1.165, 1.54) is 0 Å². The summed E-state index contributed by atoms with van der Waals surface area (Å²) in [5, 5.41) is 2.93. The minimum atomic E-state index is -0.155. The molecule has 1 atom stereocenters. The Morgan fingerprint density at radius 2 is 2.09 bits per heavy atom. The molecule has 1 aromatic carbocycles. The number of rotatable bonds is 7. The normalized spacial score (nSPS) is 11.9. The van der Waals surface area contributed by atoms with Crippen molar-refractivity contribution < 1.29 is 13.9 Å². The summed E-state index contributed by atoms with van der Waals surface area (Å²) < 4.78 is 10.5. The number of furan rings is 1. The second-order valence-electron chi connectivity index (χ2n) is 4.97. The Balaban J connectivity index is 1.89. The van der Waals surface area contributed by atoms with E-state index in [9.17, 15) is 4.79 Å². The third-order valence-corrected chi connectivity index (χ3v) is 3.52. The topological polar surface area (TPSA) is 54.7 Å². The molecule has 2 amide bonds. The molecule has 118 valence electrons. The summed E-state index contributed by atoms with van der Waals surface area (Å²) in [6, 6.07) is 11.6. The summed E-state index contributed by atoms with van der Waals surface area (Å²) in [7, 11) is 1.65. The van der Waals surface area contributed by atoms with Gasteiger partial charge in [0.2, 0.25) is 0 Å². The minimum Gasteiger partial charge on any atom is -0.472 e. The third kappa shape index (κ3) is 4.36. The number of nitrogens with zero attached hydrogens (tertiary/aromatic N) is 1. The molecule has 5 heteroatoms. The Labute approximate surface area is 130 Å². The van der Waals surface area contributed by atoms with Gasteiger partial charge in [-0.15, -0.1) is 0 Å². The molecule has 0 spiro atoms. The van der Waals surface area contributed by atoms with Crippen LogP contribution in [0.4, 0.5) is 4.79 Å². The molecule has 1 heterocycles. The second-order valence-corrected chi connectivity index (χ2v) is 4.97. The van der Waals surface area contributed by atoms with Crippen molar-refractivity contribution in [1.29, 1.82) is 0 Å². The molecule has 0 bridgehead atoms. The predicted octanol–water partition coefficient (Wildman–Crippen LogP) is 3.20. The lowest BCUT2D eigenvalue weighted by molar-refractivity contribution is 0.101. The smallest absolute Gasteiger partial charge is 0.317 e. The van der Waals surface area contributed by atoms with Gasteiger partial charge < -0.3 is 19.4 Å². The lowest BCUT2D eigenvalue weighted by Crippen LogP contribution is -2.41. The first-order chi connectivity index (χ1) is 10.7. The van der Waals surface area contributed by atoms with Gasteiger partial charge in [-0.2, -0.15) is 0 Å². The fourth-order valence-corrected chi connectivity index (χ4v) is 2.23. The number of carbonyl (C=O) groups is 1. The number of hydrogen-bond acceptors (Lipinski definition) is 3. The van der Waals surface area contributed by atoms with Crippen LogP contribution in [-0.2, 0) is 11.3 Å². The number of hydrogen-bond donors (Lipinski definition) is 1. The Morgan fingerprint density at radius 3 is 2.68 bits per heavy atom. The summed E-state index contributed by atoms with van der Waals surface area (Å²) in [5.41, 5.74) is 2.02. The molecule has 1 aromatic heterocycles. The van der Waals surface area contributed by atoms with Gasteiger partial charge in [0.25, 0.3) is 0 Å². The van der Waals surface area contributed by atoms with Gasteiger partial charge in [0.05, 0.1) is 25.2 Å². The zero-order valence-corrected chi connectivity index (χ0v) is 13.0. The molecule has 22 heavy (non-hydrogen) atoms. The molecule has 1 N–H and O–H groups in total. The molecule has 2 aromatic rings. The number of benzene rings is 1. The zero-order valence-electron chi connectivity index (χ0n) is 13.0. The van der Waals surface area contributed by atoms with Crippen molar-refractivity contribution in [3.05, 3.63) is 60.1 Å².